The summed E-state index contributed by atoms with van der Waals surface area (Å²) in [6.07, 6.45) is 6.55. The molecule has 10 heteroatoms. The zero-order valence-electron chi connectivity index (χ0n) is 17.5. The lowest BCUT2D eigenvalue weighted by Crippen LogP contribution is -2.44. The molecule has 4 rings (SSSR count). The molecule has 31 heavy (non-hydrogen) atoms. The molecule has 0 bridgehead atoms. The van der Waals surface area contributed by atoms with Gasteiger partial charge in [-0.25, -0.2) is 4.98 Å². The Morgan fingerprint density at radius 3 is 3.00 bits per heavy atom. The van der Waals surface area contributed by atoms with Gasteiger partial charge in [0.15, 0.2) is 11.6 Å². The van der Waals surface area contributed by atoms with Crippen LogP contribution in [0.15, 0.2) is 47.7 Å². The van der Waals surface area contributed by atoms with Crippen molar-refractivity contribution in [1.82, 2.24) is 30.2 Å². The van der Waals surface area contributed by atoms with Crippen LogP contribution in [0.3, 0.4) is 0 Å². The fourth-order valence-corrected chi connectivity index (χ4v) is 3.92. The van der Waals surface area contributed by atoms with Crippen LogP contribution in [0.2, 0.25) is 5.02 Å². The Morgan fingerprint density at radius 2 is 2.16 bits per heavy atom. The Balaban J connectivity index is 0.00000272. The summed E-state index contributed by atoms with van der Waals surface area (Å²) < 4.78 is 2.03. The molecule has 0 aliphatic carbocycles. The number of halogens is 2. The van der Waals surface area contributed by atoms with Crippen LogP contribution in [0.1, 0.15) is 25.6 Å². The van der Waals surface area contributed by atoms with E-state index in [-0.39, 0.29) is 24.0 Å². The molecule has 8 nitrogen and oxygen atoms in total. The molecule has 0 radical (unpaired) electrons. The van der Waals surface area contributed by atoms with Gasteiger partial charge in [0.25, 0.3) is 0 Å². The molecule has 0 aromatic carbocycles. The normalized spacial score (nSPS) is 16.4. The van der Waals surface area contributed by atoms with Crippen LogP contribution in [0.5, 0.6) is 0 Å². The number of aliphatic imine (C=N–C) groups is 1. The van der Waals surface area contributed by atoms with E-state index in [0.717, 1.165) is 68.7 Å². The quantitative estimate of drug-likeness (QED) is 0.202. The van der Waals surface area contributed by atoms with E-state index >= 15 is 0 Å². The lowest BCUT2D eigenvalue weighted by Gasteiger charge is -2.20. The molecule has 166 valence electrons. The minimum Gasteiger partial charge on any atom is -0.357 e. The molecule has 1 saturated heterocycles. The van der Waals surface area contributed by atoms with E-state index in [9.17, 15) is 0 Å². The maximum Gasteiger partial charge on any atom is 0.191 e. The van der Waals surface area contributed by atoms with Gasteiger partial charge in [0, 0.05) is 51.0 Å². The largest absolute Gasteiger partial charge is 0.357 e. The SMILES string of the molecule is CCNC(=NCCCc1nnc2ccccn12)NC1CCN(c2ncccc2Cl)C1.I. The summed E-state index contributed by atoms with van der Waals surface area (Å²) in [4.78, 5) is 11.4. The summed E-state index contributed by atoms with van der Waals surface area (Å²) in [6.45, 7) is 5.40. The van der Waals surface area contributed by atoms with Crippen molar-refractivity contribution < 1.29 is 0 Å². The molecule has 0 spiro atoms. The van der Waals surface area contributed by atoms with E-state index in [1.807, 2.05) is 40.9 Å². The van der Waals surface area contributed by atoms with Crippen LogP contribution >= 0.6 is 35.6 Å². The number of fused-ring (bicyclic) bond motifs is 1. The van der Waals surface area contributed by atoms with E-state index in [1.54, 1.807) is 6.20 Å². The molecule has 1 fully saturated rings. The van der Waals surface area contributed by atoms with E-state index < -0.39 is 0 Å². The van der Waals surface area contributed by atoms with Gasteiger partial charge in [-0.1, -0.05) is 17.7 Å². The second-order valence-corrected chi connectivity index (χ2v) is 7.70. The second-order valence-electron chi connectivity index (χ2n) is 7.29. The Labute approximate surface area is 204 Å². The van der Waals surface area contributed by atoms with E-state index in [1.165, 1.54) is 0 Å². The van der Waals surface area contributed by atoms with Gasteiger partial charge in [-0.2, -0.15) is 0 Å². The highest BCUT2D eigenvalue weighted by Crippen LogP contribution is 2.25. The number of aryl methyl sites for hydroxylation is 1. The Kier molecular flexibility index (Phi) is 8.70. The van der Waals surface area contributed by atoms with Gasteiger partial charge in [-0.05, 0) is 44.0 Å². The number of rotatable bonds is 7. The third-order valence-corrected chi connectivity index (χ3v) is 5.42. The maximum atomic E-state index is 6.30. The van der Waals surface area contributed by atoms with E-state index in [4.69, 9.17) is 16.6 Å². The number of aromatic nitrogens is 4. The molecule has 0 amide bonds. The molecule has 1 aliphatic rings. The second kappa shape index (κ2) is 11.5. The van der Waals surface area contributed by atoms with Gasteiger partial charge in [0.1, 0.15) is 11.6 Å². The average molecular weight is 555 g/mol. The fourth-order valence-electron chi connectivity index (χ4n) is 3.68. The monoisotopic (exact) mass is 554 g/mol. The third kappa shape index (κ3) is 5.97. The molecule has 3 aromatic heterocycles. The van der Waals surface area contributed by atoms with Crippen molar-refractivity contribution >= 4 is 53.0 Å². The predicted molar refractivity (Wildman–Crippen MR) is 136 cm³/mol. The summed E-state index contributed by atoms with van der Waals surface area (Å²) in [5.41, 5.74) is 0.879. The smallest absolute Gasteiger partial charge is 0.191 e. The van der Waals surface area contributed by atoms with Crippen LogP contribution in [-0.4, -0.2) is 57.8 Å². The van der Waals surface area contributed by atoms with Gasteiger partial charge in [-0.15, -0.1) is 34.2 Å². The minimum atomic E-state index is 0. The number of nitrogens with zero attached hydrogens (tertiary/aromatic N) is 6. The average Bonchev–Trinajstić information content (AvgIpc) is 3.39. The van der Waals surface area contributed by atoms with Crippen molar-refractivity contribution in [3.8, 4) is 0 Å². The predicted octanol–water partition coefficient (Wildman–Crippen LogP) is 3.16. The highest BCUT2D eigenvalue weighted by atomic mass is 127. The van der Waals surface area contributed by atoms with Gasteiger partial charge >= 0.3 is 0 Å². The van der Waals surface area contributed by atoms with Crippen molar-refractivity contribution in [3.05, 3.63) is 53.6 Å². The number of nitrogens with one attached hydrogen (secondary N) is 2. The molecule has 0 saturated carbocycles. The van der Waals surface area contributed by atoms with Crippen LogP contribution in [0.25, 0.3) is 5.65 Å². The van der Waals surface area contributed by atoms with Crippen LogP contribution in [-0.2, 0) is 6.42 Å². The number of hydrogen-bond donors (Lipinski definition) is 2. The first-order valence-electron chi connectivity index (χ1n) is 10.4. The van der Waals surface area contributed by atoms with Crippen molar-refractivity contribution in [2.45, 2.75) is 32.2 Å². The number of pyridine rings is 2. The summed E-state index contributed by atoms with van der Waals surface area (Å²) in [7, 11) is 0. The number of hydrogen-bond acceptors (Lipinski definition) is 5. The number of guanidine groups is 1. The molecular weight excluding hydrogens is 527 g/mol. The lowest BCUT2D eigenvalue weighted by molar-refractivity contribution is 0.646. The summed E-state index contributed by atoms with van der Waals surface area (Å²) in [5, 5.41) is 16.1. The minimum absolute atomic E-state index is 0. The van der Waals surface area contributed by atoms with E-state index in [0.29, 0.717) is 11.1 Å². The third-order valence-electron chi connectivity index (χ3n) is 5.12. The van der Waals surface area contributed by atoms with Crippen molar-refractivity contribution in [2.24, 2.45) is 4.99 Å². The first-order chi connectivity index (χ1) is 14.7. The Morgan fingerprint density at radius 1 is 1.26 bits per heavy atom. The molecule has 1 aliphatic heterocycles. The van der Waals surface area contributed by atoms with Crippen LogP contribution in [0.4, 0.5) is 5.82 Å². The standard InChI is InChI=1S/C21H27ClN8.HI/c1-2-23-21(25-12-6-9-19-28-27-18-8-3-4-13-30(18)19)26-16-10-14-29(15-16)20-17(22)7-5-11-24-20;/h3-5,7-8,11,13,16H,2,6,9-10,12,14-15H2,1H3,(H2,23,25,26);1H. The highest BCUT2D eigenvalue weighted by molar-refractivity contribution is 14.0. The summed E-state index contributed by atoms with van der Waals surface area (Å²) in [5.74, 6) is 2.67. The molecule has 2 N–H and O–H groups in total. The summed E-state index contributed by atoms with van der Waals surface area (Å²) >= 11 is 6.30. The van der Waals surface area contributed by atoms with Gasteiger partial charge in [-0.3, -0.25) is 9.39 Å². The molecule has 1 atom stereocenters. The fraction of sp³-hybridized carbons (Fsp3) is 0.429. The lowest BCUT2D eigenvalue weighted by atomic mass is 10.2. The molecule has 4 heterocycles. The van der Waals surface area contributed by atoms with Gasteiger partial charge in [0.05, 0.1) is 5.02 Å². The maximum absolute atomic E-state index is 6.30. The zero-order chi connectivity index (χ0) is 20.8. The molecular formula is C21H28ClIN8. The van der Waals surface area contributed by atoms with Gasteiger partial charge < -0.3 is 15.5 Å². The summed E-state index contributed by atoms with van der Waals surface area (Å²) in [6, 6.07) is 9.98. The first kappa shape index (κ1) is 23.5. The topological polar surface area (TPSA) is 82.7 Å². The molecule has 1 unspecified atom stereocenters. The highest BCUT2D eigenvalue weighted by Gasteiger charge is 2.25. The van der Waals surface area contributed by atoms with Crippen LogP contribution in [0, 0.1) is 0 Å². The van der Waals surface area contributed by atoms with Gasteiger partial charge in [0.2, 0.25) is 0 Å². The van der Waals surface area contributed by atoms with Crippen molar-refractivity contribution in [2.75, 3.05) is 31.1 Å². The van der Waals surface area contributed by atoms with Crippen molar-refractivity contribution in [1.29, 1.82) is 0 Å². The Bertz CT molecular complexity index is 1010. The zero-order valence-corrected chi connectivity index (χ0v) is 20.6. The van der Waals surface area contributed by atoms with E-state index in [2.05, 4.69) is 37.6 Å². The van der Waals surface area contributed by atoms with Crippen LogP contribution < -0.4 is 15.5 Å². The first-order valence-corrected chi connectivity index (χ1v) is 10.8. The Hall–Kier alpha value is -2.14. The number of anilines is 1. The van der Waals surface area contributed by atoms with Crippen molar-refractivity contribution in [3.63, 3.8) is 0 Å². The molecule has 3 aromatic rings.